The van der Waals surface area contributed by atoms with Crippen molar-refractivity contribution >= 4 is 11.6 Å². The Morgan fingerprint density at radius 2 is 2.16 bits per heavy atom. The zero-order chi connectivity index (χ0) is 13.8. The van der Waals surface area contributed by atoms with Crippen LogP contribution in [0.1, 0.15) is 16.1 Å². The summed E-state index contributed by atoms with van der Waals surface area (Å²) in [6.45, 7) is 0.393. The summed E-state index contributed by atoms with van der Waals surface area (Å²) in [6, 6.07) is 8.72. The molecule has 0 aliphatic heterocycles. The second kappa shape index (κ2) is 5.48. The van der Waals surface area contributed by atoms with Crippen LogP contribution in [0.2, 0.25) is 0 Å². The van der Waals surface area contributed by atoms with Crippen molar-refractivity contribution in [3.8, 4) is 5.75 Å². The minimum Gasteiger partial charge on any atom is -0.494 e. The van der Waals surface area contributed by atoms with E-state index in [-0.39, 0.29) is 5.91 Å². The highest BCUT2D eigenvalue weighted by Crippen LogP contribution is 2.27. The number of nitrogens with zero attached hydrogens (tertiary/aromatic N) is 1. The number of hydrogen-bond acceptors (Lipinski definition) is 4. The van der Waals surface area contributed by atoms with Crippen LogP contribution in [0.5, 0.6) is 5.75 Å². The predicted octanol–water partition coefficient (Wildman–Crippen LogP) is 2.14. The smallest absolute Gasteiger partial charge is 0.257 e. The topological polar surface area (TPSA) is 68.7 Å². The summed E-state index contributed by atoms with van der Waals surface area (Å²) in [7, 11) is 3.20. The standard InChI is InChI=1S/C14H16N2O3/c1-16(9-10-5-4-8-19-10)14(17)11-6-3-7-12(15)13(11)18-2/h3-8H,9,15H2,1-2H3. The summed E-state index contributed by atoms with van der Waals surface area (Å²) >= 11 is 0. The van der Waals surface area contributed by atoms with Gasteiger partial charge in [0, 0.05) is 7.05 Å². The number of methoxy groups -OCH3 is 1. The van der Waals surface area contributed by atoms with Crippen molar-refractivity contribution in [1.82, 2.24) is 4.90 Å². The van der Waals surface area contributed by atoms with Gasteiger partial charge in [-0.3, -0.25) is 4.79 Å². The first kappa shape index (κ1) is 13.0. The Balaban J connectivity index is 2.22. The van der Waals surface area contributed by atoms with Gasteiger partial charge in [-0.05, 0) is 24.3 Å². The van der Waals surface area contributed by atoms with Crippen LogP contribution in [0.4, 0.5) is 5.69 Å². The average molecular weight is 260 g/mol. The van der Waals surface area contributed by atoms with Crippen molar-refractivity contribution in [3.63, 3.8) is 0 Å². The Morgan fingerprint density at radius 1 is 1.37 bits per heavy atom. The normalized spacial score (nSPS) is 10.2. The lowest BCUT2D eigenvalue weighted by atomic mass is 10.1. The van der Waals surface area contributed by atoms with Crippen molar-refractivity contribution in [2.75, 3.05) is 19.9 Å². The first-order chi connectivity index (χ1) is 9.13. The number of amides is 1. The molecule has 2 N–H and O–H groups in total. The molecule has 5 heteroatoms. The summed E-state index contributed by atoms with van der Waals surface area (Å²) < 4.78 is 10.4. The fourth-order valence-electron chi connectivity index (χ4n) is 1.86. The number of nitrogens with two attached hydrogens (primary N) is 1. The van der Waals surface area contributed by atoms with Gasteiger partial charge < -0.3 is 19.8 Å². The van der Waals surface area contributed by atoms with Gasteiger partial charge in [-0.2, -0.15) is 0 Å². The molecule has 0 aliphatic carbocycles. The van der Waals surface area contributed by atoms with E-state index in [0.29, 0.717) is 23.5 Å². The molecule has 1 heterocycles. The van der Waals surface area contributed by atoms with Crippen LogP contribution >= 0.6 is 0 Å². The van der Waals surface area contributed by atoms with Crippen LogP contribution in [0.15, 0.2) is 41.0 Å². The van der Waals surface area contributed by atoms with Crippen LogP contribution < -0.4 is 10.5 Å². The van der Waals surface area contributed by atoms with E-state index in [4.69, 9.17) is 14.9 Å². The summed E-state index contributed by atoms with van der Waals surface area (Å²) in [5, 5.41) is 0. The maximum Gasteiger partial charge on any atom is 0.257 e. The van der Waals surface area contributed by atoms with E-state index in [0.717, 1.165) is 5.76 Å². The Bertz CT molecular complexity index is 564. The molecule has 0 bridgehead atoms. The van der Waals surface area contributed by atoms with Crippen molar-refractivity contribution in [2.45, 2.75) is 6.54 Å². The van der Waals surface area contributed by atoms with Crippen LogP contribution in [-0.4, -0.2) is 25.0 Å². The van der Waals surface area contributed by atoms with E-state index in [9.17, 15) is 4.79 Å². The number of rotatable bonds is 4. The Hall–Kier alpha value is -2.43. The summed E-state index contributed by atoms with van der Waals surface area (Å²) in [4.78, 5) is 13.9. The van der Waals surface area contributed by atoms with Crippen LogP contribution in [0.25, 0.3) is 0 Å². The Morgan fingerprint density at radius 3 is 2.79 bits per heavy atom. The van der Waals surface area contributed by atoms with E-state index < -0.39 is 0 Å². The zero-order valence-electron chi connectivity index (χ0n) is 10.9. The molecule has 0 radical (unpaired) electrons. The van der Waals surface area contributed by atoms with Gasteiger partial charge in [0.1, 0.15) is 5.76 Å². The van der Waals surface area contributed by atoms with E-state index in [2.05, 4.69) is 0 Å². The molecule has 0 spiro atoms. The van der Waals surface area contributed by atoms with Crippen LogP contribution in [0, 0.1) is 0 Å². The molecular formula is C14H16N2O3. The third-order valence-electron chi connectivity index (χ3n) is 2.80. The second-order valence-corrected chi connectivity index (χ2v) is 4.17. The van der Waals surface area contributed by atoms with E-state index >= 15 is 0 Å². The predicted molar refractivity (Wildman–Crippen MR) is 71.9 cm³/mol. The highest BCUT2D eigenvalue weighted by molar-refractivity contribution is 5.98. The zero-order valence-corrected chi connectivity index (χ0v) is 10.9. The monoisotopic (exact) mass is 260 g/mol. The second-order valence-electron chi connectivity index (χ2n) is 4.17. The number of ether oxygens (including phenoxy) is 1. The van der Waals surface area contributed by atoms with Gasteiger partial charge in [-0.15, -0.1) is 0 Å². The molecule has 2 rings (SSSR count). The Labute approximate surface area is 111 Å². The molecule has 0 fully saturated rings. The number of carbonyl (C=O) groups is 1. The minimum absolute atomic E-state index is 0.166. The number of benzene rings is 1. The SMILES string of the molecule is COc1c(N)cccc1C(=O)N(C)Cc1ccco1. The molecule has 2 aromatic rings. The first-order valence-electron chi connectivity index (χ1n) is 5.83. The number of furan rings is 1. The van der Waals surface area contributed by atoms with Crippen LogP contribution in [0.3, 0.4) is 0 Å². The molecule has 100 valence electrons. The molecule has 0 atom stereocenters. The fourth-order valence-corrected chi connectivity index (χ4v) is 1.86. The third kappa shape index (κ3) is 2.70. The maximum atomic E-state index is 12.4. The fraction of sp³-hybridized carbons (Fsp3) is 0.214. The molecule has 5 nitrogen and oxygen atoms in total. The lowest BCUT2D eigenvalue weighted by Gasteiger charge is -2.18. The van der Waals surface area contributed by atoms with Gasteiger partial charge in [0.15, 0.2) is 5.75 Å². The maximum absolute atomic E-state index is 12.4. The van der Waals surface area contributed by atoms with Gasteiger partial charge >= 0.3 is 0 Å². The highest BCUT2D eigenvalue weighted by Gasteiger charge is 2.18. The van der Waals surface area contributed by atoms with Crippen LogP contribution in [-0.2, 0) is 6.54 Å². The minimum atomic E-state index is -0.166. The molecule has 1 amide bonds. The average Bonchev–Trinajstić information content (AvgIpc) is 2.90. The molecule has 0 saturated heterocycles. The van der Waals surface area contributed by atoms with Gasteiger partial charge in [-0.25, -0.2) is 0 Å². The molecular weight excluding hydrogens is 244 g/mol. The lowest BCUT2D eigenvalue weighted by molar-refractivity contribution is 0.0772. The largest absolute Gasteiger partial charge is 0.494 e. The quantitative estimate of drug-likeness (QED) is 0.855. The van der Waals surface area contributed by atoms with Crippen molar-refractivity contribution in [3.05, 3.63) is 47.9 Å². The number of hydrogen-bond donors (Lipinski definition) is 1. The van der Waals surface area contributed by atoms with Gasteiger partial charge in [0.05, 0.1) is 31.2 Å². The van der Waals surface area contributed by atoms with E-state index in [1.54, 1.807) is 42.5 Å². The van der Waals surface area contributed by atoms with E-state index in [1.807, 2.05) is 6.07 Å². The number of para-hydroxylation sites is 1. The lowest BCUT2D eigenvalue weighted by Crippen LogP contribution is -2.26. The van der Waals surface area contributed by atoms with E-state index in [1.165, 1.54) is 7.11 Å². The van der Waals surface area contributed by atoms with Crippen molar-refractivity contribution in [1.29, 1.82) is 0 Å². The molecule has 1 aromatic carbocycles. The molecule has 1 aromatic heterocycles. The molecule has 0 aliphatic rings. The summed E-state index contributed by atoms with van der Waals surface area (Å²) in [5.41, 5.74) is 6.68. The summed E-state index contributed by atoms with van der Waals surface area (Å²) in [5.74, 6) is 0.957. The van der Waals surface area contributed by atoms with Gasteiger partial charge in [0.25, 0.3) is 5.91 Å². The summed E-state index contributed by atoms with van der Waals surface area (Å²) in [6.07, 6.45) is 1.58. The van der Waals surface area contributed by atoms with Gasteiger partial charge in [-0.1, -0.05) is 6.07 Å². The first-order valence-corrected chi connectivity index (χ1v) is 5.83. The number of nitrogen functional groups attached to an aromatic ring is 1. The third-order valence-corrected chi connectivity index (χ3v) is 2.80. The Kier molecular flexibility index (Phi) is 3.75. The molecule has 19 heavy (non-hydrogen) atoms. The van der Waals surface area contributed by atoms with Gasteiger partial charge in [0.2, 0.25) is 0 Å². The molecule has 0 unspecified atom stereocenters. The highest BCUT2D eigenvalue weighted by atomic mass is 16.5. The number of carbonyl (C=O) groups excluding carboxylic acids is 1. The number of anilines is 1. The van der Waals surface area contributed by atoms with Crippen molar-refractivity contribution in [2.24, 2.45) is 0 Å². The molecule has 0 saturated carbocycles. The van der Waals surface area contributed by atoms with Crippen molar-refractivity contribution < 1.29 is 13.9 Å².